The number of rotatable bonds is 4. The highest BCUT2D eigenvalue weighted by Gasteiger charge is 2.29. The molecule has 3 rings (SSSR count). The van der Waals surface area contributed by atoms with Crippen LogP contribution in [0.5, 0.6) is 0 Å². The summed E-state index contributed by atoms with van der Waals surface area (Å²) in [7, 11) is 1.40. The Bertz CT molecular complexity index is 913. The summed E-state index contributed by atoms with van der Waals surface area (Å²) >= 11 is 0. The third kappa shape index (κ3) is 2.70. The van der Waals surface area contributed by atoms with Crippen molar-refractivity contribution in [3.63, 3.8) is 0 Å². The number of pyridine rings is 1. The normalized spacial score (nSPS) is 17.3. The Morgan fingerprint density at radius 3 is 2.80 bits per heavy atom. The Labute approximate surface area is 141 Å². The van der Waals surface area contributed by atoms with E-state index in [4.69, 9.17) is 5.73 Å². The van der Waals surface area contributed by atoms with Gasteiger partial charge in [0.05, 0.1) is 10.9 Å². The number of nitrogens with one attached hydrogen (secondary N) is 2. The number of aromatic amines is 1. The average Bonchev–Trinajstić information content (AvgIpc) is 3.03. The maximum Gasteiger partial charge on any atom is 0.343 e. The van der Waals surface area contributed by atoms with Crippen LogP contribution in [0.3, 0.4) is 0 Å². The van der Waals surface area contributed by atoms with Gasteiger partial charge in [0.15, 0.2) is 5.82 Å². The zero-order valence-electron chi connectivity index (χ0n) is 13.5. The summed E-state index contributed by atoms with van der Waals surface area (Å²) in [6.07, 6.45) is 0.726. The van der Waals surface area contributed by atoms with Crippen LogP contribution in [-0.4, -0.2) is 42.7 Å². The fourth-order valence-corrected chi connectivity index (χ4v) is 3.26. The first-order valence-corrected chi connectivity index (χ1v) is 7.83. The largest absolute Gasteiger partial charge is 0.477 e. The van der Waals surface area contributed by atoms with E-state index in [-0.39, 0.29) is 28.3 Å². The number of halogens is 2. The van der Waals surface area contributed by atoms with Gasteiger partial charge in [0.1, 0.15) is 22.9 Å². The monoisotopic (exact) mass is 352 g/mol. The number of nitrogens with two attached hydrogens (primary N) is 1. The first-order valence-electron chi connectivity index (χ1n) is 7.83. The predicted molar refractivity (Wildman–Crippen MR) is 90.4 cm³/mol. The predicted octanol–water partition coefficient (Wildman–Crippen LogP) is 1.33. The molecule has 5 N–H and O–H groups in total. The van der Waals surface area contributed by atoms with E-state index < -0.39 is 28.6 Å². The number of aromatic nitrogens is 1. The van der Waals surface area contributed by atoms with E-state index in [1.807, 2.05) is 0 Å². The van der Waals surface area contributed by atoms with E-state index in [0.29, 0.717) is 19.6 Å². The number of carboxylic acid groups (broad SMARTS) is 1. The van der Waals surface area contributed by atoms with Crippen molar-refractivity contribution in [2.75, 3.05) is 36.9 Å². The summed E-state index contributed by atoms with van der Waals surface area (Å²) in [4.78, 5) is 27.8. The second-order valence-electron chi connectivity index (χ2n) is 6.04. The van der Waals surface area contributed by atoms with E-state index in [9.17, 15) is 23.5 Å². The van der Waals surface area contributed by atoms with Gasteiger partial charge in [-0.3, -0.25) is 4.79 Å². The second-order valence-corrected chi connectivity index (χ2v) is 6.04. The molecular weight excluding hydrogens is 334 g/mol. The zero-order valence-corrected chi connectivity index (χ0v) is 13.5. The lowest BCUT2D eigenvalue weighted by Gasteiger charge is -2.21. The summed E-state index contributed by atoms with van der Waals surface area (Å²) in [5.41, 5.74) is 3.62. The van der Waals surface area contributed by atoms with Gasteiger partial charge in [-0.05, 0) is 24.9 Å². The van der Waals surface area contributed by atoms with Gasteiger partial charge in [-0.2, -0.15) is 0 Å². The molecule has 1 aromatic carbocycles. The number of H-pyrrole nitrogens is 1. The van der Waals surface area contributed by atoms with E-state index in [1.165, 1.54) is 7.05 Å². The third-order valence-electron chi connectivity index (χ3n) is 4.56. The summed E-state index contributed by atoms with van der Waals surface area (Å²) in [6.45, 7) is 1.31. The number of nitrogens with zero attached hydrogens (tertiary/aromatic N) is 1. The molecule has 1 fully saturated rings. The molecule has 25 heavy (non-hydrogen) atoms. The number of benzene rings is 1. The van der Waals surface area contributed by atoms with Crippen LogP contribution in [0, 0.1) is 17.6 Å². The van der Waals surface area contributed by atoms with Gasteiger partial charge in [0.2, 0.25) is 5.43 Å². The van der Waals surface area contributed by atoms with Crippen molar-refractivity contribution in [3.05, 3.63) is 33.5 Å². The Balaban J connectivity index is 2.25. The second kappa shape index (κ2) is 6.32. The van der Waals surface area contributed by atoms with Crippen molar-refractivity contribution in [2.45, 2.75) is 6.42 Å². The fraction of sp³-hybridized carbons (Fsp3) is 0.375. The summed E-state index contributed by atoms with van der Waals surface area (Å²) < 4.78 is 29.5. The van der Waals surface area contributed by atoms with Crippen LogP contribution in [-0.2, 0) is 0 Å². The van der Waals surface area contributed by atoms with E-state index >= 15 is 0 Å². The molecule has 0 amide bonds. The molecule has 1 aliphatic rings. The Hall–Kier alpha value is -2.68. The van der Waals surface area contributed by atoms with Crippen molar-refractivity contribution < 1.29 is 18.7 Å². The summed E-state index contributed by atoms with van der Waals surface area (Å²) in [5, 5.41) is 11.4. The van der Waals surface area contributed by atoms with Crippen molar-refractivity contribution in [1.29, 1.82) is 0 Å². The van der Waals surface area contributed by atoms with Gasteiger partial charge in [-0.25, -0.2) is 13.6 Å². The molecular formula is C16H18F2N4O3. The van der Waals surface area contributed by atoms with E-state index in [0.717, 1.165) is 12.5 Å². The topological polar surface area (TPSA) is 111 Å². The van der Waals surface area contributed by atoms with Crippen LogP contribution in [0.2, 0.25) is 0 Å². The molecule has 134 valence electrons. The number of carbonyl (C=O) groups is 1. The van der Waals surface area contributed by atoms with Crippen LogP contribution in [0.4, 0.5) is 20.3 Å². The number of hydrogen-bond donors (Lipinski definition) is 4. The summed E-state index contributed by atoms with van der Waals surface area (Å²) in [5.74, 6) is -3.29. The molecule has 9 heteroatoms. The molecule has 1 atom stereocenters. The lowest BCUT2D eigenvalue weighted by molar-refractivity contribution is 0.0696. The van der Waals surface area contributed by atoms with Crippen LogP contribution in [0.15, 0.2) is 10.9 Å². The smallest absolute Gasteiger partial charge is 0.343 e. The molecule has 0 radical (unpaired) electrons. The van der Waals surface area contributed by atoms with Crippen LogP contribution >= 0.6 is 0 Å². The molecule has 1 aromatic heterocycles. The van der Waals surface area contributed by atoms with Gasteiger partial charge in [0.25, 0.3) is 0 Å². The van der Waals surface area contributed by atoms with Gasteiger partial charge >= 0.3 is 5.97 Å². The Morgan fingerprint density at radius 1 is 1.52 bits per heavy atom. The highest BCUT2D eigenvalue weighted by molar-refractivity contribution is 5.98. The average molecular weight is 352 g/mol. The highest BCUT2D eigenvalue weighted by atomic mass is 19.1. The lowest BCUT2D eigenvalue weighted by atomic mass is 10.1. The molecule has 0 saturated carbocycles. The lowest BCUT2D eigenvalue weighted by Crippen LogP contribution is -2.25. The highest BCUT2D eigenvalue weighted by Crippen LogP contribution is 2.33. The van der Waals surface area contributed by atoms with E-state index in [1.54, 1.807) is 4.90 Å². The van der Waals surface area contributed by atoms with Crippen LogP contribution in [0.1, 0.15) is 16.8 Å². The Kier molecular flexibility index (Phi) is 4.34. The van der Waals surface area contributed by atoms with Gasteiger partial charge in [-0.15, -0.1) is 0 Å². The minimum Gasteiger partial charge on any atom is -0.477 e. The minimum atomic E-state index is -1.48. The first kappa shape index (κ1) is 17.2. The fourth-order valence-electron chi connectivity index (χ4n) is 3.26. The van der Waals surface area contributed by atoms with Crippen molar-refractivity contribution in [2.24, 2.45) is 11.7 Å². The molecule has 0 aliphatic carbocycles. The number of carboxylic acids is 1. The molecule has 0 bridgehead atoms. The number of aromatic carboxylic acids is 1. The minimum absolute atomic E-state index is 0.136. The SMILES string of the molecule is CNc1[nH]c2c(F)c(N3CCC(CN)C3)c(F)cc2c(=O)c1C(=O)O. The molecule has 7 nitrogen and oxygen atoms in total. The van der Waals surface area contributed by atoms with Gasteiger partial charge in [0, 0.05) is 20.1 Å². The van der Waals surface area contributed by atoms with Crippen LogP contribution < -0.4 is 21.4 Å². The summed E-state index contributed by atoms with van der Waals surface area (Å²) in [6, 6.07) is 0.883. The van der Waals surface area contributed by atoms with Crippen LogP contribution in [0.25, 0.3) is 10.9 Å². The Morgan fingerprint density at radius 2 is 2.24 bits per heavy atom. The first-order chi connectivity index (χ1) is 11.9. The van der Waals surface area contributed by atoms with E-state index in [2.05, 4.69) is 10.3 Å². The number of fused-ring (bicyclic) bond motifs is 1. The molecule has 1 aliphatic heterocycles. The number of anilines is 2. The molecule has 1 saturated heterocycles. The maximum atomic E-state index is 15.0. The maximum absolute atomic E-state index is 15.0. The van der Waals surface area contributed by atoms with Crippen molar-refractivity contribution in [3.8, 4) is 0 Å². The zero-order chi connectivity index (χ0) is 18.3. The molecule has 2 heterocycles. The standard InChI is InChI=1S/C16H18F2N4O3/c1-20-15-10(16(24)25)14(23)8-4-9(17)13(11(18)12(8)21-15)22-3-2-7(5-19)6-22/h4,7H,2-3,5-6,19H2,1H3,(H,24,25)(H2,20,21,23). The third-order valence-corrected chi connectivity index (χ3v) is 4.56. The van der Waals surface area contributed by atoms with Crippen molar-refractivity contribution in [1.82, 2.24) is 4.98 Å². The van der Waals surface area contributed by atoms with Gasteiger partial charge in [-0.1, -0.05) is 0 Å². The molecule has 2 aromatic rings. The van der Waals surface area contributed by atoms with Crippen molar-refractivity contribution >= 4 is 28.4 Å². The number of hydrogen-bond acceptors (Lipinski definition) is 5. The quantitative estimate of drug-likeness (QED) is 0.661. The molecule has 0 spiro atoms. The molecule has 1 unspecified atom stereocenters. The van der Waals surface area contributed by atoms with Gasteiger partial charge < -0.3 is 26.0 Å².